The van der Waals surface area contributed by atoms with E-state index in [-0.39, 0.29) is 11.7 Å². The molecule has 0 aliphatic carbocycles. The number of H-pyrrole nitrogens is 1. The predicted octanol–water partition coefficient (Wildman–Crippen LogP) is 0.952. The Labute approximate surface area is 147 Å². The van der Waals surface area contributed by atoms with Gasteiger partial charge in [-0.25, -0.2) is 9.97 Å². The number of pyridine rings is 1. The zero-order valence-electron chi connectivity index (χ0n) is 15.0. The van der Waals surface area contributed by atoms with Gasteiger partial charge < -0.3 is 15.0 Å². The summed E-state index contributed by atoms with van der Waals surface area (Å²) < 4.78 is 0. The second-order valence-corrected chi connectivity index (χ2v) is 6.67. The summed E-state index contributed by atoms with van der Waals surface area (Å²) in [5.74, 6) is 1.47. The lowest BCUT2D eigenvalue weighted by atomic mass is 10.2. The molecule has 2 aromatic heterocycles. The zero-order valence-corrected chi connectivity index (χ0v) is 15.0. The van der Waals surface area contributed by atoms with Crippen LogP contribution in [-0.2, 0) is 0 Å². The van der Waals surface area contributed by atoms with Crippen molar-refractivity contribution in [2.45, 2.75) is 26.9 Å². The SMILES string of the molecule is Cc1nc(-c2ccc(N3CCN(C[C@@H](C)O)CC3)nc2)[nH]c(=O)c1C. The molecule has 0 saturated carbocycles. The number of nitrogens with one attached hydrogen (secondary N) is 1. The Bertz CT molecular complexity index is 777. The van der Waals surface area contributed by atoms with Crippen LogP contribution in [0.4, 0.5) is 5.82 Å². The standard InChI is InChI=1S/C18H25N5O2/c1-12(24)11-22-6-8-23(9-7-22)16-5-4-15(10-19-16)17-20-14(3)13(2)18(25)21-17/h4-5,10,12,24H,6-9,11H2,1-3H3,(H,20,21,25)/t12-/m1/s1. The van der Waals surface area contributed by atoms with E-state index in [9.17, 15) is 9.90 Å². The molecule has 25 heavy (non-hydrogen) atoms. The van der Waals surface area contributed by atoms with Crippen LogP contribution in [0.5, 0.6) is 0 Å². The lowest BCUT2D eigenvalue weighted by molar-refractivity contribution is 0.122. The Morgan fingerprint density at radius 2 is 1.96 bits per heavy atom. The fraction of sp³-hybridized carbons (Fsp3) is 0.500. The van der Waals surface area contributed by atoms with Crippen molar-refractivity contribution in [3.05, 3.63) is 39.9 Å². The minimum Gasteiger partial charge on any atom is -0.392 e. The largest absolute Gasteiger partial charge is 0.392 e. The monoisotopic (exact) mass is 343 g/mol. The van der Waals surface area contributed by atoms with Crippen LogP contribution >= 0.6 is 0 Å². The maximum atomic E-state index is 11.9. The molecule has 0 amide bonds. The molecular weight excluding hydrogens is 318 g/mol. The van der Waals surface area contributed by atoms with E-state index in [4.69, 9.17) is 0 Å². The van der Waals surface area contributed by atoms with E-state index in [1.54, 1.807) is 13.1 Å². The number of aromatic amines is 1. The fourth-order valence-corrected chi connectivity index (χ4v) is 3.03. The number of rotatable bonds is 4. The maximum Gasteiger partial charge on any atom is 0.254 e. The summed E-state index contributed by atoms with van der Waals surface area (Å²) in [4.78, 5) is 28.2. The maximum absolute atomic E-state index is 11.9. The van der Waals surface area contributed by atoms with Crippen molar-refractivity contribution in [1.29, 1.82) is 0 Å². The van der Waals surface area contributed by atoms with Crippen molar-refractivity contribution in [3.8, 4) is 11.4 Å². The Balaban J connectivity index is 1.70. The number of aliphatic hydroxyl groups excluding tert-OH is 1. The molecule has 1 saturated heterocycles. The molecule has 1 fully saturated rings. The first-order chi connectivity index (χ1) is 11.9. The van der Waals surface area contributed by atoms with Gasteiger partial charge in [0.25, 0.3) is 5.56 Å². The van der Waals surface area contributed by atoms with E-state index in [1.807, 2.05) is 26.0 Å². The molecule has 2 aromatic rings. The Morgan fingerprint density at radius 3 is 2.52 bits per heavy atom. The van der Waals surface area contributed by atoms with Gasteiger partial charge in [-0.2, -0.15) is 0 Å². The summed E-state index contributed by atoms with van der Waals surface area (Å²) in [6.07, 6.45) is 1.46. The highest BCUT2D eigenvalue weighted by atomic mass is 16.3. The highest BCUT2D eigenvalue weighted by Crippen LogP contribution is 2.19. The molecule has 3 heterocycles. The van der Waals surface area contributed by atoms with Crippen LogP contribution < -0.4 is 10.5 Å². The molecule has 0 bridgehead atoms. The second kappa shape index (κ2) is 7.33. The summed E-state index contributed by atoms with van der Waals surface area (Å²) in [6, 6.07) is 3.91. The first-order valence-corrected chi connectivity index (χ1v) is 8.63. The molecule has 7 heteroatoms. The molecule has 0 spiro atoms. The number of hydrogen-bond acceptors (Lipinski definition) is 6. The normalized spacial score (nSPS) is 16.9. The molecule has 134 valence electrons. The van der Waals surface area contributed by atoms with Gasteiger partial charge in [0.2, 0.25) is 0 Å². The van der Waals surface area contributed by atoms with Gasteiger partial charge in [0.1, 0.15) is 11.6 Å². The topological polar surface area (TPSA) is 85.3 Å². The summed E-state index contributed by atoms with van der Waals surface area (Å²) >= 11 is 0. The van der Waals surface area contributed by atoms with E-state index in [0.717, 1.165) is 43.3 Å². The van der Waals surface area contributed by atoms with Crippen LogP contribution in [0.25, 0.3) is 11.4 Å². The lowest BCUT2D eigenvalue weighted by Crippen LogP contribution is -2.48. The van der Waals surface area contributed by atoms with E-state index in [1.165, 1.54) is 0 Å². The van der Waals surface area contributed by atoms with E-state index in [2.05, 4.69) is 24.8 Å². The summed E-state index contributed by atoms with van der Waals surface area (Å²) in [5.41, 5.74) is 2.07. The highest BCUT2D eigenvalue weighted by molar-refractivity contribution is 5.56. The van der Waals surface area contributed by atoms with Crippen molar-refractivity contribution in [3.63, 3.8) is 0 Å². The molecule has 0 unspecified atom stereocenters. The molecule has 1 aliphatic heterocycles. The molecule has 0 aromatic carbocycles. The Hall–Kier alpha value is -2.25. The third-order valence-electron chi connectivity index (χ3n) is 4.63. The third-order valence-corrected chi connectivity index (χ3v) is 4.63. The fourth-order valence-electron chi connectivity index (χ4n) is 3.03. The van der Waals surface area contributed by atoms with Gasteiger partial charge in [0.15, 0.2) is 0 Å². The van der Waals surface area contributed by atoms with Gasteiger partial charge in [0, 0.05) is 55.7 Å². The summed E-state index contributed by atoms with van der Waals surface area (Å²) in [6.45, 7) is 9.74. The molecular formula is C18H25N5O2. The van der Waals surface area contributed by atoms with Gasteiger partial charge in [-0.3, -0.25) is 9.69 Å². The first kappa shape index (κ1) is 17.6. The van der Waals surface area contributed by atoms with Crippen LogP contribution in [0.1, 0.15) is 18.2 Å². The van der Waals surface area contributed by atoms with Gasteiger partial charge >= 0.3 is 0 Å². The average molecular weight is 343 g/mol. The molecule has 0 radical (unpaired) electrons. The summed E-state index contributed by atoms with van der Waals surface area (Å²) in [7, 11) is 0. The predicted molar refractivity (Wildman–Crippen MR) is 97.9 cm³/mol. The van der Waals surface area contributed by atoms with Crippen molar-refractivity contribution in [2.75, 3.05) is 37.6 Å². The van der Waals surface area contributed by atoms with Crippen LogP contribution in [-0.4, -0.2) is 63.8 Å². The number of hydrogen-bond donors (Lipinski definition) is 2. The number of piperazine rings is 1. The number of nitrogens with zero attached hydrogens (tertiary/aromatic N) is 4. The Kier molecular flexibility index (Phi) is 5.15. The minimum atomic E-state index is -0.295. The molecule has 1 aliphatic rings. The van der Waals surface area contributed by atoms with Crippen LogP contribution in [0, 0.1) is 13.8 Å². The van der Waals surface area contributed by atoms with Gasteiger partial charge in [-0.1, -0.05) is 0 Å². The smallest absolute Gasteiger partial charge is 0.254 e. The van der Waals surface area contributed by atoms with Gasteiger partial charge in [0.05, 0.1) is 6.10 Å². The number of anilines is 1. The third kappa shape index (κ3) is 4.05. The van der Waals surface area contributed by atoms with E-state index >= 15 is 0 Å². The van der Waals surface area contributed by atoms with Crippen molar-refractivity contribution in [2.24, 2.45) is 0 Å². The minimum absolute atomic E-state index is 0.110. The summed E-state index contributed by atoms with van der Waals surface area (Å²) in [5, 5.41) is 9.48. The molecule has 7 nitrogen and oxygen atoms in total. The zero-order chi connectivity index (χ0) is 18.0. The van der Waals surface area contributed by atoms with Gasteiger partial charge in [-0.15, -0.1) is 0 Å². The number of aryl methyl sites for hydroxylation is 1. The number of β-amino-alcohol motifs (C(OH)–C–C–N with tert-alkyl or cyclic N) is 1. The lowest BCUT2D eigenvalue weighted by Gasteiger charge is -2.35. The molecule has 2 N–H and O–H groups in total. The first-order valence-electron chi connectivity index (χ1n) is 8.63. The van der Waals surface area contributed by atoms with E-state index < -0.39 is 0 Å². The van der Waals surface area contributed by atoms with Crippen molar-refractivity contribution < 1.29 is 5.11 Å². The number of aliphatic hydroxyl groups is 1. The van der Waals surface area contributed by atoms with Crippen LogP contribution in [0.15, 0.2) is 23.1 Å². The van der Waals surface area contributed by atoms with E-state index in [0.29, 0.717) is 17.9 Å². The molecule has 1 atom stereocenters. The van der Waals surface area contributed by atoms with Gasteiger partial charge in [-0.05, 0) is 32.9 Å². The van der Waals surface area contributed by atoms with Crippen molar-refractivity contribution >= 4 is 5.82 Å². The average Bonchev–Trinajstić information content (AvgIpc) is 2.59. The number of aromatic nitrogens is 3. The Morgan fingerprint density at radius 1 is 1.24 bits per heavy atom. The van der Waals surface area contributed by atoms with Crippen LogP contribution in [0.3, 0.4) is 0 Å². The molecule has 3 rings (SSSR count). The van der Waals surface area contributed by atoms with Crippen LogP contribution in [0.2, 0.25) is 0 Å². The van der Waals surface area contributed by atoms with Crippen molar-refractivity contribution in [1.82, 2.24) is 19.9 Å². The highest BCUT2D eigenvalue weighted by Gasteiger charge is 2.19. The quantitative estimate of drug-likeness (QED) is 0.860. The second-order valence-electron chi connectivity index (χ2n) is 6.67.